The van der Waals surface area contributed by atoms with Crippen molar-refractivity contribution in [1.29, 1.82) is 0 Å². The molecule has 1 saturated carbocycles. The van der Waals surface area contributed by atoms with E-state index in [1.54, 1.807) is 4.90 Å². The van der Waals surface area contributed by atoms with Gasteiger partial charge < -0.3 is 20.1 Å². The van der Waals surface area contributed by atoms with Gasteiger partial charge in [0.15, 0.2) is 0 Å². The van der Waals surface area contributed by atoms with Crippen molar-refractivity contribution in [1.82, 2.24) is 10.2 Å². The Bertz CT molecular complexity index is 340. The molecule has 0 aromatic heterocycles. The predicted molar refractivity (Wildman–Crippen MR) is 77.6 cm³/mol. The zero-order chi connectivity index (χ0) is 14.8. The first-order valence-electron chi connectivity index (χ1n) is 7.71. The third kappa shape index (κ3) is 4.35. The Kier molecular flexibility index (Phi) is 4.59. The van der Waals surface area contributed by atoms with E-state index in [0.717, 1.165) is 0 Å². The Morgan fingerprint density at radius 1 is 1.35 bits per heavy atom. The molecule has 20 heavy (non-hydrogen) atoms. The number of amides is 1. The van der Waals surface area contributed by atoms with Gasteiger partial charge in [-0.15, -0.1) is 0 Å². The SMILES string of the molecule is CC(C)(C)OC(=O)N1CCC(O)(CNC2CCC2)CC1. The van der Waals surface area contributed by atoms with Gasteiger partial charge in [0, 0.05) is 25.7 Å². The number of aliphatic hydroxyl groups is 1. The molecular weight excluding hydrogens is 256 g/mol. The van der Waals surface area contributed by atoms with Crippen molar-refractivity contribution in [2.45, 2.75) is 70.1 Å². The topological polar surface area (TPSA) is 61.8 Å². The molecule has 2 rings (SSSR count). The van der Waals surface area contributed by atoms with E-state index in [1.807, 2.05) is 20.8 Å². The lowest BCUT2D eigenvalue weighted by atomic mass is 9.88. The van der Waals surface area contributed by atoms with Crippen molar-refractivity contribution in [2.75, 3.05) is 19.6 Å². The van der Waals surface area contributed by atoms with E-state index in [-0.39, 0.29) is 6.09 Å². The summed E-state index contributed by atoms with van der Waals surface area (Å²) in [5.74, 6) is 0. The molecule has 0 atom stereocenters. The summed E-state index contributed by atoms with van der Waals surface area (Å²) in [5.41, 5.74) is -1.13. The summed E-state index contributed by atoms with van der Waals surface area (Å²) in [6.07, 6.45) is 4.70. The number of likely N-dealkylation sites (tertiary alicyclic amines) is 1. The molecular formula is C15H28N2O3. The fraction of sp³-hybridized carbons (Fsp3) is 0.933. The van der Waals surface area contributed by atoms with Crippen LogP contribution in [0.3, 0.4) is 0 Å². The van der Waals surface area contributed by atoms with Gasteiger partial charge in [-0.2, -0.15) is 0 Å². The van der Waals surface area contributed by atoms with E-state index in [4.69, 9.17) is 4.74 Å². The second kappa shape index (κ2) is 5.90. The minimum Gasteiger partial charge on any atom is -0.444 e. The Morgan fingerprint density at radius 3 is 2.40 bits per heavy atom. The molecule has 5 heteroatoms. The van der Waals surface area contributed by atoms with Crippen LogP contribution in [0.2, 0.25) is 0 Å². The summed E-state index contributed by atoms with van der Waals surface area (Å²) in [7, 11) is 0. The molecule has 5 nitrogen and oxygen atoms in total. The third-order valence-corrected chi connectivity index (χ3v) is 4.17. The summed E-state index contributed by atoms with van der Waals surface area (Å²) in [6.45, 7) is 7.38. The molecule has 0 bridgehead atoms. The molecule has 2 fully saturated rings. The van der Waals surface area contributed by atoms with Gasteiger partial charge in [0.25, 0.3) is 0 Å². The maximum absolute atomic E-state index is 12.0. The first-order chi connectivity index (χ1) is 9.27. The molecule has 0 aromatic rings. The van der Waals surface area contributed by atoms with Crippen LogP contribution in [0, 0.1) is 0 Å². The minimum absolute atomic E-state index is 0.272. The molecule has 0 aromatic carbocycles. The average Bonchev–Trinajstić information content (AvgIpc) is 2.25. The van der Waals surface area contributed by atoms with Crippen LogP contribution in [-0.4, -0.2) is 53.0 Å². The van der Waals surface area contributed by atoms with Crippen LogP contribution in [0.1, 0.15) is 52.9 Å². The molecule has 0 unspecified atom stereocenters. The van der Waals surface area contributed by atoms with Crippen LogP contribution in [0.4, 0.5) is 4.79 Å². The predicted octanol–water partition coefficient (Wildman–Crippen LogP) is 1.89. The summed E-state index contributed by atoms with van der Waals surface area (Å²) < 4.78 is 5.36. The minimum atomic E-state index is -0.673. The first-order valence-corrected chi connectivity index (χ1v) is 7.71. The zero-order valence-electron chi connectivity index (χ0n) is 12.9. The van der Waals surface area contributed by atoms with Crippen molar-refractivity contribution in [3.8, 4) is 0 Å². The van der Waals surface area contributed by atoms with Crippen molar-refractivity contribution in [3.63, 3.8) is 0 Å². The van der Waals surface area contributed by atoms with E-state index in [0.29, 0.717) is 38.5 Å². The summed E-state index contributed by atoms with van der Waals surface area (Å²) >= 11 is 0. The quantitative estimate of drug-likeness (QED) is 0.831. The lowest BCUT2D eigenvalue weighted by Gasteiger charge is -2.40. The van der Waals surface area contributed by atoms with Gasteiger partial charge in [0.1, 0.15) is 5.60 Å². The Morgan fingerprint density at radius 2 is 1.95 bits per heavy atom. The van der Waals surface area contributed by atoms with Gasteiger partial charge >= 0.3 is 6.09 Å². The van der Waals surface area contributed by atoms with Gasteiger partial charge in [-0.3, -0.25) is 0 Å². The largest absolute Gasteiger partial charge is 0.444 e. The lowest BCUT2D eigenvalue weighted by molar-refractivity contribution is -0.0332. The van der Waals surface area contributed by atoms with E-state index >= 15 is 0 Å². The van der Waals surface area contributed by atoms with E-state index in [9.17, 15) is 9.90 Å². The number of nitrogens with zero attached hydrogens (tertiary/aromatic N) is 1. The fourth-order valence-electron chi connectivity index (χ4n) is 2.56. The molecule has 0 spiro atoms. The smallest absolute Gasteiger partial charge is 0.410 e. The number of carbonyl (C=O) groups is 1. The van der Waals surface area contributed by atoms with Crippen LogP contribution in [-0.2, 0) is 4.74 Å². The Hall–Kier alpha value is -0.810. The Labute approximate surface area is 121 Å². The number of hydrogen-bond acceptors (Lipinski definition) is 4. The number of ether oxygens (including phenoxy) is 1. The molecule has 1 aliphatic heterocycles. The molecule has 1 heterocycles. The monoisotopic (exact) mass is 284 g/mol. The summed E-state index contributed by atoms with van der Waals surface area (Å²) in [6, 6.07) is 0.586. The molecule has 2 aliphatic rings. The molecule has 116 valence electrons. The maximum Gasteiger partial charge on any atom is 0.410 e. The van der Waals surface area contributed by atoms with E-state index < -0.39 is 11.2 Å². The van der Waals surface area contributed by atoms with Crippen molar-refractivity contribution in [2.24, 2.45) is 0 Å². The van der Waals surface area contributed by atoms with Gasteiger partial charge in [-0.05, 0) is 46.5 Å². The molecule has 0 radical (unpaired) electrons. The zero-order valence-corrected chi connectivity index (χ0v) is 12.9. The van der Waals surface area contributed by atoms with Crippen molar-refractivity contribution in [3.05, 3.63) is 0 Å². The normalized spacial score (nSPS) is 23.3. The third-order valence-electron chi connectivity index (χ3n) is 4.17. The first kappa shape index (κ1) is 15.6. The number of nitrogens with one attached hydrogen (secondary N) is 1. The fourth-order valence-corrected chi connectivity index (χ4v) is 2.56. The second-order valence-corrected chi connectivity index (χ2v) is 7.20. The highest BCUT2D eigenvalue weighted by atomic mass is 16.6. The van der Waals surface area contributed by atoms with Gasteiger partial charge in [-0.1, -0.05) is 6.42 Å². The second-order valence-electron chi connectivity index (χ2n) is 7.20. The van der Waals surface area contributed by atoms with Crippen LogP contribution in [0.15, 0.2) is 0 Å². The van der Waals surface area contributed by atoms with Crippen LogP contribution in [0.5, 0.6) is 0 Å². The van der Waals surface area contributed by atoms with Crippen LogP contribution in [0.25, 0.3) is 0 Å². The van der Waals surface area contributed by atoms with Crippen LogP contribution >= 0.6 is 0 Å². The highest BCUT2D eigenvalue weighted by Crippen LogP contribution is 2.25. The number of carbonyl (C=O) groups excluding carboxylic acids is 1. The summed E-state index contributed by atoms with van der Waals surface area (Å²) in [4.78, 5) is 13.7. The van der Waals surface area contributed by atoms with Gasteiger partial charge in [0.05, 0.1) is 5.60 Å². The average molecular weight is 284 g/mol. The standard InChI is InChI=1S/C15H28N2O3/c1-14(2,3)20-13(18)17-9-7-15(19,8-10-17)11-16-12-5-4-6-12/h12,16,19H,4-11H2,1-3H3. The van der Waals surface area contributed by atoms with Crippen molar-refractivity contribution >= 4 is 6.09 Å². The van der Waals surface area contributed by atoms with Crippen LogP contribution < -0.4 is 5.32 Å². The molecule has 2 N–H and O–H groups in total. The highest BCUT2D eigenvalue weighted by molar-refractivity contribution is 5.68. The van der Waals surface area contributed by atoms with Gasteiger partial charge in [0.2, 0.25) is 0 Å². The molecule has 1 amide bonds. The van der Waals surface area contributed by atoms with Gasteiger partial charge in [-0.25, -0.2) is 4.79 Å². The number of piperidine rings is 1. The number of hydrogen-bond donors (Lipinski definition) is 2. The molecule has 1 saturated heterocycles. The Balaban J connectivity index is 1.74. The lowest BCUT2D eigenvalue weighted by Crippen LogP contribution is -2.54. The summed E-state index contributed by atoms with van der Waals surface area (Å²) in [5, 5.41) is 14.0. The molecule has 1 aliphatic carbocycles. The van der Waals surface area contributed by atoms with E-state index in [1.165, 1.54) is 19.3 Å². The van der Waals surface area contributed by atoms with E-state index in [2.05, 4.69) is 5.32 Å². The van der Waals surface area contributed by atoms with Crippen molar-refractivity contribution < 1.29 is 14.6 Å². The maximum atomic E-state index is 12.0. The highest BCUT2D eigenvalue weighted by Gasteiger charge is 2.36. The number of rotatable bonds is 3.